The van der Waals surface area contributed by atoms with Crippen molar-refractivity contribution in [3.63, 3.8) is 0 Å². The Morgan fingerprint density at radius 3 is 2.67 bits per heavy atom. The summed E-state index contributed by atoms with van der Waals surface area (Å²) in [7, 11) is 0. The fourth-order valence-corrected chi connectivity index (χ4v) is 0.857. The van der Waals surface area contributed by atoms with Gasteiger partial charge in [-0.05, 0) is 0 Å². The summed E-state index contributed by atoms with van der Waals surface area (Å²) in [6.45, 7) is 0.576. The highest BCUT2D eigenvalue weighted by atomic mass is 16.2. The number of hydrogen-bond donors (Lipinski definition) is 2. The Bertz CT molecular complexity index is 155. The molecule has 0 saturated carbocycles. The predicted molar refractivity (Wildman–Crippen MR) is 30.6 cm³/mol. The molecule has 0 aromatic rings. The summed E-state index contributed by atoms with van der Waals surface area (Å²) in [5.74, 6) is -0.667. The first-order valence-corrected chi connectivity index (χ1v) is 2.77. The van der Waals surface area contributed by atoms with Gasteiger partial charge in [0, 0.05) is 13.0 Å². The lowest BCUT2D eigenvalue weighted by Crippen LogP contribution is -2.40. The molecular weight excluding hydrogens is 120 g/mol. The molecule has 1 aliphatic rings. The Morgan fingerprint density at radius 1 is 1.78 bits per heavy atom. The highest BCUT2D eigenvalue weighted by Crippen LogP contribution is 1.98. The largest absolute Gasteiger partial charge is 0.368 e. The quantitative estimate of drug-likeness (QED) is 0.418. The van der Waals surface area contributed by atoms with Crippen LogP contribution in [-0.4, -0.2) is 24.3 Å². The van der Waals surface area contributed by atoms with Gasteiger partial charge in [0.2, 0.25) is 5.91 Å². The molecule has 0 aliphatic carbocycles. The Hall–Kier alpha value is -0.900. The van der Waals surface area contributed by atoms with Crippen LogP contribution in [0.5, 0.6) is 0 Å². The zero-order valence-electron chi connectivity index (χ0n) is 4.89. The Balaban J connectivity index is 2.60. The first kappa shape index (κ1) is 6.22. The van der Waals surface area contributed by atoms with Gasteiger partial charge in [-0.15, -0.1) is 0 Å². The van der Waals surface area contributed by atoms with E-state index in [-0.39, 0.29) is 5.78 Å². The van der Waals surface area contributed by atoms with Crippen LogP contribution in [0.1, 0.15) is 6.42 Å². The Labute approximate surface area is 52.4 Å². The molecule has 4 heteroatoms. The predicted octanol–water partition coefficient (Wildman–Crippen LogP) is -1.60. The fraction of sp³-hybridized carbons (Fsp3) is 0.600. The monoisotopic (exact) mass is 128 g/mol. The molecule has 4 nitrogen and oxygen atoms in total. The van der Waals surface area contributed by atoms with E-state index in [1.165, 1.54) is 0 Å². The lowest BCUT2D eigenvalue weighted by Gasteiger charge is -1.99. The van der Waals surface area contributed by atoms with Crippen LogP contribution in [-0.2, 0) is 9.59 Å². The van der Waals surface area contributed by atoms with Crippen molar-refractivity contribution in [3.05, 3.63) is 0 Å². The third kappa shape index (κ3) is 1.08. The molecule has 0 radical (unpaired) electrons. The van der Waals surface area contributed by atoms with Gasteiger partial charge in [-0.3, -0.25) is 14.9 Å². The van der Waals surface area contributed by atoms with Crippen LogP contribution in [0.4, 0.5) is 0 Å². The second-order valence-electron chi connectivity index (χ2n) is 2.01. The van der Waals surface area contributed by atoms with Gasteiger partial charge < -0.3 is 5.73 Å². The number of Topliss-reactive ketones (excluding diaryl/α,β-unsaturated/α-hetero) is 1. The summed E-state index contributed by atoms with van der Waals surface area (Å²) in [6.07, 6.45) is 0.424. The van der Waals surface area contributed by atoms with Crippen LogP contribution in [0.2, 0.25) is 0 Å². The minimum Gasteiger partial charge on any atom is -0.368 e. The molecule has 50 valence electrons. The molecular formula is C5H8N2O2. The fourth-order valence-electron chi connectivity index (χ4n) is 0.857. The molecule has 3 N–H and O–H groups in total. The summed E-state index contributed by atoms with van der Waals surface area (Å²) < 4.78 is 0. The first-order chi connectivity index (χ1) is 4.22. The standard InChI is InChI=1S/C5H8N2O2/c6-5(9)4-3(8)1-2-7-4/h4,7H,1-2H2,(H2,6,9). The van der Waals surface area contributed by atoms with Crippen LogP contribution >= 0.6 is 0 Å². The molecule has 9 heavy (non-hydrogen) atoms. The van der Waals surface area contributed by atoms with E-state index in [2.05, 4.69) is 5.32 Å². The van der Waals surface area contributed by atoms with Crippen LogP contribution in [0.15, 0.2) is 0 Å². The van der Waals surface area contributed by atoms with E-state index >= 15 is 0 Å². The van der Waals surface area contributed by atoms with E-state index in [0.717, 1.165) is 0 Å². The molecule has 1 aliphatic heterocycles. The molecule has 1 amide bonds. The van der Waals surface area contributed by atoms with Crippen molar-refractivity contribution < 1.29 is 9.59 Å². The van der Waals surface area contributed by atoms with E-state index < -0.39 is 11.9 Å². The van der Waals surface area contributed by atoms with Crippen molar-refractivity contribution in [2.24, 2.45) is 5.73 Å². The van der Waals surface area contributed by atoms with E-state index in [0.29, 0.717) is 13.0 Å². The second-order valence-corrected chi connectivity index (χ2v) is 2.01. The molecule has 0 aromatic heterocycles. The Kier molecular flexibility index (Phi) is 1.48. The van der Waals surface area contributed by atoms with E-state index in [1.54, 1.807) is 0 Å². The van der Waals surface area contributed by atoms with Crippen LogP contribution in [0.25, 0.3) is 0 Å². The van der Waals surface area contributed by atoms with E-state index in [1.807, 2.05) is 0 Å². The summed E-state index contributed by atoms with van der Waals surface area (Å²) in [6, 6.07) is -0.718. The average Bonchev–Trinajstić information content (AvgIpc) is 2.13. The molecule has 1 saturated heterocycles. The summed E-state index contributed by atoms with van der Waals surface area (Å²) in [4.78, 5) is 21.0. The highest BCUT2D eigenvalue weighted by Gasteiger charge is 2.27. The van der Waals surface area contributed by atoms with Crippen molar-refractivity contribution in [1.82, 2.24) is 5.32 Å². The average molecular weight is 128 g/mol. The lowest BCUT2D eigenvalue weighted by atomic mass is 10.2. The van der Waals surface area contributed by atoms with Gasteiger partial charge in [-0.25, -0.2) is 0 Å². The van der Waals surface area contributed by atoms with Gasteiger partial charge in [0.1, 0.15) is 6.04 Å². The van der Waals surface area contributed by atoms with Gasteiger partial charge in [0.05, 0.1) is 0 Å². The van der Waals surface area contributed by atoms with Crippen molar-refractivity contribution in [1.29, 1.82) is 0 Å². The van der Waals surface area contributed by atoms with Crippen LogP contribution in [0, 0.1) is 0 Å². The zero-order valence-corrected chi connectivity index (χ0v) is 4.89. The smallest absolute Gasteiger partial charge is 0.242 e. The number of hydrogen-bond acceptors (Lipinski definition) is 3. The number of ketones is 1. The molecule has 0 spiro atoms. The third-order valence-electron chi connectivity index (χ3n) is 1.33. The maximum atomic E-state index is 10.7. The topological polar surface area (TPSA) is 72.2 Å². The molecule has 1 rings (SSSR count). The Morgan fingerprint density at radius 2 is 2.44 bits per heavy atom. The van der Waals surface area contributed by atoms with Gasteiger partial charge in [-0.1, -0.05) is 0 Å². The molecule has 0 aromatic carbocycles. The van der Waals surface area contributed by atoms with E-state index in [4.69, 9.17) is 5.73 Å². The van der Waals surface area contributed by atoms with E-state index in [9.17, 15) is 9.59 Å². The number of carbonyl (C=O) groups is 2. The minimum atomic E-state index is -0.718. The molecule has 1 heterocycles. The van der Waals surface area contributed by atoms with Crippen LogP contribution < -0.4 is 11.1 Å². The van der Waals surface area contributed by atoms with Crippen molar-refractivity contribution in [2.75, 3.05) is 6.54 Å². The second kappa shape index (κ2) is 2.14. The number of primary amides is 1. The number of amides is 1. The minimum absolute atomic E-state index is 0.0949. The normalized spacial score (nSPS) is 26.7. The number of nitrogens with two attached hydrogens (primary N) is 1. The van der Waals surface area contributed by atoms with Crippen molar-refractivity contribution in [3.8, 4) is 0 Å². The summed E-state index contributed by atoms with van der Waals surface area (Å²) in [5, 5.41) is 2.68. The zero-order chi connectivity index (χ0) is 6.85. The summed E-state index contributed by atoms with van der Waals surface area (Å²) in [5.41, 5.74) is 4.87. The van der Waals surface area contributed by atoms with Gasteiger partial charge in [0.15, 0.2) is 5.78 Å². The van der Waals surface area contributed by atoms with Crippen molar-refractivity contribution in [2.45, 2.75) is 12.5 Å². The van der Waals surface area contributed by atoms with Gasteiger partial charge in [-0.2, -0.15) is 0 Å². The lowest BCUT2D eigenvalue weighted by molar-refractivity contribution is -0.127. The first-order valence-electron chi connectivity index (χ1n) is 2.77. The SMILES string of the molecule is NC(=O)C1NCCC1=O. The molecule has 1 fully saturated rings. The van der Waals surface area contributed by atoms with Gasteiger partial charge in [0.25, 0.3) is 0 Å². The number of nitrogens with one attached hydrogen (secondary N) is 1. The number of rotatable bonds is 1. The molecule has 0 bridgehead atoms. The van der Waals surface area contributed by atoms with Gasteiger partial charge >= 0.3 is 0 Å². The van der Waals surface area contributed by atoms with Crippen molar-refractivity contribution >= 4 is 11.7 Å². The highest BCUT2D eigenvalue weighted by molar-refractivity contribution is 6.06. The molecule has 1 atom stereocenters. The third-order valence-corrected chi connectivity index (χ3v) is 1.33. The summed E-state index contributed by atoms with van der Waals surface area (Å²) >= 11 is 0. The number of carbonyl (C=O) groups excluding carboxylic acids is 2. The molecule has 1 unspecified atom stereocenters. The maximum absolute atomic E-state index is 10.7. The van der Waals surface area contributed by atoms with Crippen LogP contribution in [0.3, 0.4) is 0 Å². The maximum Gasteiger partial charge on any atom is 0.242 e.